The van der Waals surface area contributed by atoms with Crippen LogP contribution in [0.4, 0.5) is 11.6 Å². The zero-order valence-electron chi connectivity index (χ0n) is 38.3. The first-order chi connectivity index (χ1) is 32.9. The molecule has 2 unspecified atom stereocenters. The molecule has 1 N–H and O–H groups in total. The average molecular weight is 903 g/mol. The van der Waals surface area contributed by atoms with Crippen LogP contribution in [0.3, 0.4) is 0 Å². The van der Waals surface area contributed by atoms with Crippen LogP contribution in [0.15, 0.2) is 104 Å². The predicted octanol–water partition coefficient (Wildman–Crippen LogP) is 6.53. The summed E-state index contributed by atoms with van der Waals surface area (Å²) in [6.07, 6.45) is 15.3. The molecule has 0 saturated carbocycles. The molecule has 4 fully saturated rings. The number of hydrogen-bond donors (Lipinski definition) is 1. The molecule has 0 amide bonds. The van der Waals surface area contributed by atoms with E-state index in [1.165, 1.54) is 11.1 Å². The van der Waals surface area contributed by atoms with Crippen LogP contribution in [0.25, 0.3) is 34.2 Å². The number of ether oxygens (including phenoxy) is 3. The van der Waals surface area contributed by atoms with Crippen LogP contribution in [-0.2, 0) is 33.5 Å². The first-order valence-corrected chi connectivity index (χ1v) is 23.7. The second-order valence-electron chi connectivity index (χ2n) is 17.7. The van der Waals surface area contributed by atoms with Gasteiger partial charge in [0.15, 0.2) is 11.6 Å². The number of nitrogens with zero attached hydrogens (tertiary/aromatic N) is 12. The zero-order valence-corrected chi connectivity index (χ0v) is 38.3. The number of aliphatic hydroxyl groups excluding tert-OH is 1. The standard InChI is InChI=1S/C26H27N7O.C25H31N5O3/c1-18-4-2-5-19(16-18)20-8-14-33(31-20)26-17-25(32-13-9-22-21(32)10-15-34-22)29-24(30-26)7-6-23-27-11-3-12-28-23;1-18-4-2-5-19(14-18)22-9-10-30(28-22)25-15-24(29-11-13-32-17-20(29)16-31)26-23(27-25)8-7-21-6-3-12-33-21/h2-5,8,11-12,14,16-17,21-22H,6-7,9-10,13,15H2,1H3;2,4-5,9-10,14-15,20-21,31H,3,6-8,11-13,16-17H2,1H3/t21-,22-;/m1./s1. The van der Waals surface area contributed by atoms with Crippen molar-refractivity contribution in [2.75, 3.05) is 55.9 Å². The Labute approximate surface area is 391 Å². The largest absolute Gasteiger partial charge is 0.394 e. The van der Waals surface area contributed by atoms with E-state index in [1.54, 1.807) is 12.4 Å². The summed E-state index contributed by atoms with van der Waals surface area (Å²) in [5.74, 6) is 5.59. The smallest absolute Gasteiger partial charge is 0.159 e. The van der Waals surface area contributed by atoms with Gasteiger partial charge in [-0.15, -0.1) is 0 Å². The van der Waals surface area contributed by atoms with Crippen LogP contribution in [0.5, 0.6) is 0 Å². The molecule has 4 atom stereocenters. The summed E-state index contributed by atoms with van der Waals surface area (Å²) < 4.78 is 21.0. The number of aliphatic hydroxyl groups is 1. The molecule has 0 radical (unpaired) electrons. The maximum atomic E-state index is 9.88. The molecule has 4 aliphatic heterocycles. The highest BCUT2D eigenvalue weighted by molar-refractivity contribution is 5.61. The Morgan fingerprint density at radius 3 is 1.90 bits per heavy atom. The number of anilines is 2. The number of rotatable bonds is 13. The minimum Gasteiger partial charge on any atom is -0.394 e. The van der Waals surface area contributed by atoms with Crippen molar-refractivity contribution in [2.24, 2.45) is 0 Å². The molecule has 4 saturated heterocycles. The van der Waals surface area contributed by atoms with Crippen molar-refractivity contribution in [2.45, 2.75) is 89.5 Å². The van der Waals surface area contributed by atoms with Gasteiger partial charge in [-0.3, -0.25) is 0 Å². The molecule has 0 bridgehead atoms. The summed E-state index contributed by atoms with van der Waals surface area (Å²) in [4.78, 5) is 32.8. The van der Waals surface area contributed by atoms with Crippen molar-refractivity contribution in [1.82, 2.24) is 49.5 Å². The maximum Gasteiger partial charge on any atom is 0.159 e. The Kier molecular flexibility index (Phi) is 13.6. The number of morpholine rings is 1. The molecule has 4 aliphatic rings. The summed E-state index contributed by atoms with van der Waals surface area (Å²) in [5, 5.41) is 19.5. The van der Waals surface area contributed by atoms with E-state index in [2.05, 4.69) is 82.1 Å². The summed E-state index contributed by atoms with van der Waals surface area (Å²) in [6.45, 7) is 8.58. The molecule has 11 rings (SSSR count). The van der Waals surface area contributed by atoms with Gasteiger partial charge in [0, 0.05) is 93.6 Å². The molecule has 2 aromatic carbocycles. The number of benzene rings is 2. The topological polar surface area (TPSA) is 167 Å². The predicted molar refractivity (Wildman–Crippen MR) is 255 cm³/mol. The van der Waals surface area contributed by atoms with Crippen molar-refractivity contribution in [3.63, 3.8) is 0 Å². The Morgan fingerprint density at radius 2 is 1.25 bits per heavy atom. The molecular weight excluding hydrogens is 845 g/mol. The highest BCUT2D eigenvalue weighted by Crippen LogP contribution is 2.33. The van der Waals surface area contributed by atoms with E-state index in [-0.39, 0.29) is 18.8 Å². The highest BCUT2D eigenvalue weighted by atomic mass is 16.5. The number of fused-ring (bicyclic) bond motifs is 1. The van der Waals surface area contributed by atoms with E-state index in [1.807, 2.05) is 52.1 Å². The van der Waals surface area contributed by atoms with E-state index in [0.717, 1.165) is 122 Å². The van der Waals surface area contributed by atoms with Gasteiger partial charge in [-0.2, -0.15) is 10.2 Å². The molecule has 346 valence electrons. The Hall–Kier alpha value is -6.46. The van der Waals surface area contributed by atoms with Crippen LogP contribution in [-0.4, -0.2) is 125 Å². The highest BCUT2D eigenvalue weighted by Gasteiger charge is 2.39. The van der Waals surface area contributed by atoms with Gasteiger partial charge in [-0.1, -0.05) is 47.5 Å². The molecular formula is C51H58N12O4. The molecule has 0 spiro atoms. The van der Waals surface area contributed by atoms with Crippen molar-refractivity contribution < 1.29 is 19.3 Å². The van der Waals surface area contributed by atoms with Crippen molar-refractivity contribution >= 4 is 11.6 Å². The molecule has 16 heteroatoms. The van der Waals surface area contributed by atoms with Gasteiger partial charge < -0.3 is 29.1 Å². The van der Waals surface area contributed by atoms with E-state index >= 15 is 0 Å². The molecule has 5 aromatic heterocycles. The second-order valence-corrected chi connectivity index (χ2v) is 17.7. The van der Waals surface area contributed by atoms with Gasteiger partial charge >= 0.3 is 0 Å². The van der Waals surface area contributed by atoms with Crippen LogP contribution in [0.2, 0.25) is 0 Å². The first kappa shape index (κ1) is 44.4. The fraction of sp³-hybridized carbons (Fsp3) is 0.412. The van der Waals surface area contributed by atoms with Crippen molar-refractivity contribution in [3.05, 3.63) is 132 Å². The van der Waals surface area contributed by atoms with Crippen LogP contribution >= 0.6 is 0 Å². The van der Waals surface area contributed by atoms with Crippen LogP contribution < -0.4 is 9.80 Å². The minimum absolute atomic E-state index is 0.0177. The lowest BCUT2D eigenvalue weighted by molar-refractivity contribution is 0.0722. The van der Waals surface area contributed by atoms with Crippen molar-refractivity contribution in [1.29, 1.82) is 0 Å². The lowest BCUT2D eigenvalue weighted by atomic mass is 10.1. The van der Waals surface area contributed by atoms with E-state index in [4.69, 9.17) is 44.3 Å². The minimum atomic E-state index is -0.118. The summed E-state index contributed by atoms with van der Waals surface area (Å²) in [7, 11) is 0. The first-order valence-electron chi connectivity index (χ1n) is 23.7. The molecule has 67 heavy (non-hydrogen) atoms. The van der Waals surface area contributed by atoms with Gasteiger partial charge in [0.1, 0.15) is 29.1 Å². The lowest BCUT2D eigenvalue weighted by Gasteiger charge is -2.35. The Bertz CT molecular complexity index is 2740. The average Bonchev–Trinajstić information content (AvgIpc) is 4.23. The van der Waals surface area contributed by atoms with Gasteiger partial charge in [-0.25, -0.2) is 39.3 Å². The summed E-state index contributed by atoms with van der Waals surface area (Å²) in [5.41, 5.74) is 6.41. The quantitative estimate of drug-likeness (QED) is 0.133. The van der Waals surface area contributed by atoms with Crippen LogP contribution in [0, 0.1) is 13.8 Å². The number of aryl methyl sites for hydroxylation is 5. The monoisotopic (exact) mass is 902 g/mol. The van der Waals surface area contributed by atoms with Gasteiger partial charge in [0.25, 0.3) is 0 Å². The molecule has 7 aromatic rings. The molecule has 0 aliphatic carbocycles. The molecule has 9 heterocycles. The normalized spacial score (nSPS) is 20.2. The zero-order chi connectivity index (χ0) is 45.5. The SMILES string of the molecule is Cc1cccc(-c2ccn(-c3cc(N4CCOCC4CO)nc(CCC4CCCO4)n3)n2)c1.Cc1cccc(-c2ccn(-c3cc(N4CC[C@H]5OCC[C@H]54)nc(CCc4ncccn4)n3)n2)c1. The number of hydrogen-bond acceptors (Lipinski definition) is 14. The van der Waals surface area contributed by atoms with E-state index in [0.29, 0.717) is 44.7 Å². The van der Waals surface area contributed by atoms with Gasteiger partial charge in [-0.05, 0) is 76.3 Å². The van der Waals surface area contributed by atoms with E-state index < -0.39 is 0 Å². The van der Waals surface area contributed by atoms with Crippen molar-refractivity contribution in [3.8, 4) is 34.2 Å². The van der Waals surface area contributed by atoms with Gasteiger partial charge in [0.2, 0.25) is 0 Å². The Morgan fingerprint density at radius 1 is 0.612 bits per heavy atom. The summed E-state index contributed by atoms with van der Waals surface area (Å²) >= 11 is 0. The fourth-order valence-corrected chi connectivity index (χ4v) is 9.45. The number of aromatic nitrogens is 10. The third-order valence-corrected chi connectivity index (χ3v) is 12.9. The third-order valence-electron chi connectivity index (χ3n) is 12.9. The van der Waals surface area contributed by atoms with Gasteiger partial charge in [0.05, 0.1) is 55.5 Å². The lowest BCUT2D eigenvalue weighted by Crippen LogP contribution is -2.48. The Balaban J connectivity index is 0.000000157. The third kappa shape index (κ3) is 10.6. The van der Waals surface area contributed by atoms with Crippen LogP contribution in [0.1, 0.15) is 60.7 Å². The molecule has 16 nitrogen and oxygen atoms in total. The fourth-order valence-electron chi connectivity index (χ4n) is 9.45. The van der Waals surface area contributed by atoms with E-state index in [9.17, 15) is 5.11 Å². The summed E-state index contributed by atoms with van der Waals surface area (Å²) in [6, 6.07) is 26.8. The maximum absolute atomic E-state index is 9.88. The second kappa shape index (κ2) is 20.6.